The molecule has 0 spiro atoms. The van der Waals surface area contributed by atoms with E-state index < -0.39 is 0 Å². The average molecular weight is 463 g/mol. The Labute approximate surface area is 195 Å². The first-order valence-electron chi connectivity index (χ1n) is 11.0. The van der Waals surface area contributed by atoms with Crippen LogP contribution in [0.25, 0.3) is 0 Å². The van der Waals surface area contributed by atoms with E-state index in [2.05, 4.69) is 4.90 Å². The molecule has 0 radical (unpaired) electrons. The van der Waals surface area contributed by atoms with Gasteiger partial charge in [-0.25, -0.2) is 8.78 Å². The molecule has 0 bridgehead atoms. The van der Waals surface area contributed by atoms with E-state index in [0.29, 0.717) is 43.4 Å². The number of benzene rings is 3. The maximum atomic E-state index is 13.5. The van der Waals surface area contributed by atoms with Crippen LogP contribution in [-0.2, 0) is 4.79 Å². The summed E-state index contributed by atoms with van der Waals surface area (Å²) >= 11 is 0. The number of hydrogen-bond donors (Lipinski definition) is 1. The van der Waals surface area contributed by atoms with Crippen LogP contribution in [0.1, 0.15) is 17.2 Å². The maximum Gasteiger partial charge on any atom is 0.292 e. The van der Waals surface area contributed by atoms with Crippen molar-refractivity contribution in [1.29, 1.82) is 0 Å². The molecule has 2 aliphatic rings. The van der Waals surface area contributed by atoms with Crippen molar-refractivity contribution in [2.45, 2.75) is 6.04 Å². The van der Waals surface area contributed by atoms with Crippen LogP contribution in [0.4, 0.5) is 14.5 Å². The van der Waals surface area contributed by atoms with Crippen LogP contribution in [0.5, 0.6) is 11.5 Å². The van der Waals surface area contributed by atoms with Crippen molar-refractivity contribution in [3.8, 4) is 11.5 Å². The summed E-state index contributed by atoms with van der Waals surface area (Å²) in [6, 6.07) is 17.4. The molecule has 1 saturated heterocycles. The van der Waals surface area contributed by atoms with E-state index in [9.17, 15) is 13.6 Å². The van der Waals surface area contributed by atoms with Crippen LogP contribution < -0.4 is 15.2 Å². The number of fused-ring (bicyclic) bond motifs is 1. The number of halogens is 2. The molecule has 6 nitrogen and oxygen atoms in total. The fourth-order valence-corrected chi connectivity index (χ4v) is 4.30. The normalized spacial score (nSPS) is 15.9. The third kappa shape index (κ3) is 4.45. The van der Waals surface area contributed by atoms with Gasteiger partial charge in [0, 0.05) is 37.9 Å². The van der Waals surface area contributed by atoms with Gasteiger partial charge in [0.15, 0.2) is 11.5 Å². The molecular weight excluding hydrogens is 440 g/mol. The maximum absolute atomic E-state index is 13.5. The van der Waals surface area contributed by atoms with E-state index in [1.807, 2.05) is 0 Å². The zero-order valence-corrected chi connectivity index (χ0v) is 18.3. The van der Waals surface area contributed by atoms with Gasteiger partial charge in [-0.15, -0.1) is 0 Å². The van der Waals surface area contributed by atoms with E-state index in [-0.39, 0.29) is 29.3 Å². The molecule has 1 fully saturated rings. The van der Waals surface area contributed by atoms with Crippen LogP contribution in [0, 0.1) is 11.6 Å². The first-order valence-corrected chi connectivity index (χ1v) is 11.0. The van der Waals surface area contributed by atoms with E-state index in [4.69, 9.17) is 15.2 Å². The lowest BCUT2D eigenvalue weighted by Gasteiger charge is -2.40. The van der Waals surface area contributed by atoms with Gasteiger partial charge in [0.2, 0.25) is 5.76 Å². The lowest BCUT2D eigenvalue weighted by atomic mass is 9.96. The SMILES string of the molecule is Nc1ccc2c(c1)OC(C(=O)N1CCN(C(c3ccc(F)cc3)c3ccc(F)cc3)CC1)=CO2. The van der Waals surface area contributed by atoms with Crippen molar-refractivity contribution < 1.29 is 23.0 Å². The van der Waals surface area contributed by atoms with Gasteiger partial charge in [-0.3, -0.25) is 9.69 Å². The Bertz CT molecular complexity index is 1180. The molecule has 2 aliphatic heterocycles. The van der Waals surface area contributed by atoms with Crippen molar-refractivity contribution in [3.05, 3.63) is 102 Å². The number of hydrogen-bond acceptors (Lipinski definition) is 5. The van der Waals surface area contributed by atoms with Crippen molar-refractivity contribution in [1.82, 2.24) is 9.80 Å². The minimum absolute atomic E-state index is 0.0974. The Morgan fingerprint density at radius 2 is 1.41 bits per heavy atom. The van der Waals surface area contributed by atoms with Gasteiger partial charge in [0.25, 0.3) is 5.91 Å². The molecule has 34 heavy (non-hydrogen) atoms. The number of ether oxygens (including phenoxy) is 2. The zero-order valence-electron chi connectivity index (χ0n) is 18.3. The second kappa shape index (κ2) is 9.15. The van der Waals surface area contributed by atoms with Crippen LogP contribution in [0.2, 0.25) is 0 Å². The Balaban J connectivity index is 1.30. The van der Waals surface area contributed by atoms with E-state index in [1.54, 1.807) is 47.4 Å². The first-order chi connectivity index (χ1) is 16.5. The molecule has 8 heteroatoms. The Morgan fingerprint density at radius 3 is 2.00 bits per heavy atom. The summed E-state index contributed by atoms with van der Waals surface area (Å²) in [5.74, 6) is 0.0915. The number of carbonyl (C=O) groups is 1. The van der Waals surface area contributed by atoms with Gasteiger partial charge < -0.3 is 20.1 Å². The number of amides is 1. The lowest BCUT2D eigenvalue weighted by Crippen LogP contribution is -2.50. The standard InChI is InChI=1S/C26H23F2N3O3/c27-19-5-1-17(2-6-19)25(18-3-7-20(28)8-4-18)30-11-13-31(14-12-30)26(32)24-16-33-22-10-9-21(29)15-23(22)34-24/h1-10,15-16,25H,11-14,29H2. The molecule has 3 aromatic carbocycles. The fourth-order valence-electron chi connectivity index (χ4n) is 4.30. The summed E-state index contributed by atoms with van der Waals surface area (Å²) in [5, 5.41) is 0. The zero-order chi connectivity index (χ0) is 23.7. The molecule has 1 amide bonds. The molecule has 2 heterocycles. The second-order valence-electron chi connectivity index (χ2n) is 8.24. The summed E-state index contributed by atoms with van der Waals surface area (Å²) in [6.07, 6.45) is 1.31. The van der Waals surface area contributed by atoms with E-state index >= 15 is 0 Å². The van der Waals surface area contributed by atoms with Crippen molar-refractivity contribution in [2.75, 3.05) is 31.9 Å². The summed E-state index contributed by atoms with van der Waals surface area (Å²) in [4.78, 5) is 17.0. The van der Waals surface area contributed by atoms with Crippen LogP contribution in [-0.4, -0.2) is 41.9 Å². The molecular formula is C26H23F2N3O3. The quantitative estimate of drug-likeness (QED) is 0.591. The summed E-state index contributed by atoms with van der Waals surface area (Å²) < 4.78 is 38.4. The predicted octanol–water partition coefficient (Wildman–Crippen LogP) is 4.09. The minimum atomic E-state index is -0.316. The molecule has 0 saturated carbocycles. The monoisotopic (exact) mass is 463 g/mol. The van der Waals surface area contributed by atoms with Gasteiger partial charge in [0.1, 0.15) is 17.9 Å². The number of carbonyl (C=O) groups excluding carboxylic acids is 1. The largest absolute Gasteiger partial charge is 0.457 e. The highest BCUT2D eigenvalue weighted by atomic mass is 19.1. The second-order valence-corrected chi connectivity index (χ2v) is 8.24. The van der Waals surface area contributed by atoms with Gasteiger partial charge in [-0.1, -0.05) is 24.3 Å². The fraction of sp³-hybridized carbons (Fsp3) is 0.192. The number of rotatable bonds is 4. The molecule has 0 aliphatic carbocycles. The van der Waals surface area contributed by atoms with Crippen LogP contribution >= 0.6 is 0 Å². The highest BCUT2D eigenvalue weighted by Crippen LogP contribution is 2.35. The molecule has 0 unspecified atom stereocenters. The number of nitrogen functional groups attached to an aromatic ring is 1. The Hall–Kier alpha value is -3.91. The highest BCUT2D eigenvalue weighted by Gasteiger charge is 2.31. The lowest BCUT2D eigenvalue weighted by molar-refractivity contribution is -0.131. The van der Waals surface area contributed by atoms with Crippen LogP contribution in [0.15, 0.2) is 78.8 Å². The highest BCUT2D eigenvalue weighted by molar-refractivity contribution is 5.92. The van der Waals surface area contributed by atoms with Crippen molar-refractivity contribution in [2.24, 2.45) is 0 Å². The third-order valence-corrected chi connectivity index (χ3v) is 6.03. The molecule has 0 aromatic heterocycles. The Kier molecular flexibility index (Phi) is 5.90. The van der Waals surface area contributed by atoms with Gasteiger partial charge in [0.05, 0.1) is 6.04 Å². The van der Waals surface area contributed by atoms with E-state index in [0.717, 1.165) is 11.1 Å². The third-order valence-electron chi connectivity index (χ3n) is 6.03. The average Bonchev–Trinajstić information content (AvgIpc) is 2.86. The summed E-state index contributed by atoms with van der Waals surface area (Å²) in [6.45, 7) is 2.07. The molecule has 0 atom stereocenters. The van der Waals surface area contributed by atoms with Crippen molar-refractivity contribution in [3.63, 3.8) is 0 Å². The smallest absolute Gasteiger partial charge is 0.292 e. The molecule has 2 N–H and O–H groups in total. The predicted molar refractivity (Wildman–Crippen MR) is 123 cm³/mol. The molecule has 5 rings (SSSR count). The number of nitrogens with two attached hydrogens (primary N) is 1. The topological polar surface area (TPSA) is 68.0 Å². The van der Waals surface area contributed by atoms with Gasteiger partial charge in [-0.2, -0.15) is 0 Å². The first kappa shape index (κ1) is 21.9. The minimum Gasteiger partial charge on any atom is -0.457 e. The number of piperazine rings is 1. The number of nitrogens with zero attached hydrogens (tertiary/aromatic N) is 2. The number of anilines is 1. The van der Waals surface area contributed by atoms with Crippen LogP contribution in [0.3, 0.4) is 0 Å². The van der Waals surface area contributed by atoms with Gasteiger partial charge >= 0.3 is 0 Å². The summed E-state index contributed by atoms with van der Waals surface area (Å²) in [7, 11) is 0. The van der Waals surface area contributed by atoms with Crippen molar-refractivity contribution >= 4 is 11.6 Å². The van der Waals surface area contributed by atoms with Gasteiger partial charge in [-0.05, 0) is 47.5 Å². The Morgan fingerprint density at radius 1 is 0.824 bits per heavy atom. The summed E-state index contributed by atoms with van der Waals surface area (Å²) in [5.41, 5.74) is 8.11. The van der Waals surface area contributed by atoms with E-state index in [1.165, 1.54) is 30.5 Å². The molecule has 3 aromatic rings. The molecule has 174 valence electrons.